The molecule has 0 aromatic carbocycles. The predicted molar refractivity (Wildman–Crippen MR) is 66.5 cm³/mol. The smallest absolute Gasteiger partial charge is 0.326 e. The quantitative estimate of drug-likeness (QED) is 0.746. The lowest BCUT2D eigenvalue weighted by Gasteiger charge is -2.23. The standard InChI is InChI=1S/C12H22N2O4/c1-3-5-10(11(15)16)13-12(17)14(2)8-9-6-4-7-18-9/h9-10H,3-8H2,1-2H3,(H,13,17)(H,15,16)/t9?,10-/m1/s1. The van der Waals surface area contributed by atoms with Crippen LogP contribution in [0.3, 0.4) is 0 Å². The molecule has 1 aliphatic heterocycles. The molecule has 6 nitrogen and oxygen atoms in total. The van der Waals surface area contributed by atoms with Crippen LogP contribution >= 0.6 is 0 Å². The molecule has 0 aliphatic carbocycles. The van der Waals surface area contributed by atoms with Crippen LogP contribution in [0.1, 0.15) is 32.6 Å². The van der Waals surface area contributed by atoms with Gasteiger partial charge in [-0.15, -0.1) is 0 Å². The zero-order valence-corrected chi connectivity index (χ0v) is 11.0. The van der Waals surface area contributed by atoms with E-state index < -0.39 is 12.0 Å². The number of carbonyl (C=O) groups is 2. The van der Waals surface area contributed by atoms with Crippen LogP contribution in [0.5, 0.6) is 0 Å². The van der Waals surface area contributed by atoms with Crippen molar-refractivity contribution in [2.75, 3.05) is 20.2 Å². The Morgan fingerprint density at radius 1 is 1.56 bits per heavy atom. The van der Waals surface area contributed by atoms with Gasteiger partial charge in [0.25, 0.3) is 0 Å². The summed E-state index contributed by atoms with van der Waals surface area (Å²) in [6.07, 6.45) is 3.21. The van der Waals surface area contributed by atoms with Crippen LogP contribution in [0, 0.1) is 0 Å². The molecule has 1 aliphatic rings. The fraction of sp³-hybridized carbons (Fsp3) is 0.833. The third kappa shape index (κ3) is 4.52. The third-order valence-corrected chi connectivity index (χ3v) is 3.02. The van der Waals surface area contributed by atoms with E-state index in [-0.39, 0.29) is 12.1 Å². The summed E-state index contributed by atoms with van der Waals surface area (Å²) in [5, 5.41) is 11.5. The van der Waals surface area contributed by atoms with Crippen molar-refractivity contribution in [3.63, 3.8) is 0 Å². The van der Waals surface area contributed by atoms with Crippen LogP contribution < -0.4 is 5.32 Å². The molecule has 2 N–H and O–H groups in total. The molecule has 0 saturated carbocycles. The lowest BCUT2D eigenvalue weighted by molar-refractivity contribution is -0.139. The summed E-state index contributed by atoms with van der Waals surface area (Å²) in [6.45, 7) is 3.14. The average Bonchev–Trinajstić information content (AvgIpc) is 2.80. The highest BCUT2D eigenvalue weighted by molar-refractivity contribution is 5.82. The molecule has 1 rings (SSSR count). The highest BCUT2D eigenvalue weighted by atomic mass is 16.5. The maximum atomic E-state index is 11.8. The summed E-state index contributed by atoms with van der Waals surface area (Å²) in [4.78, 5) is 24.2. The Balaban J connectivity index is 2.39. The molecule has 1 heterocycles. The van der Waals surface area contributed by atoms with Gasteiger partial charge in [-0.05, 0) is 19.3 Å². The zero-order valence-electron chi connectivity index (χ0n) is 11.0. The summed E-state index contributed by atoms with van der Waals surface area (Å²) in [5.41, 5.74) is 0. The summed E-state index contributed by atoms with van der Waals surface area (Å²) in [7, 11) is 1.65. The minimum absolute atomic E-state index is 0.0789. The lowest BCUT2D eigenvalue weighted by atomic mass is 10.2. The number of aliphatic carboxylic acids is 1. The molecule has 104 valence electrons. The van der Waals surface area contributed by atoms with Crippen molar-refractivity contribution in [2.45, 2.75) is 44.8 Å². The molecule has 18 heavy (non-hydrogen) atoms. The lowest BCUT2D eigenvalue weighted by Crippen LogP contribution is -2.48. The van der Waals surface area contributed by atoms with Gasteiger partial charge in [0.1, 0.15) is 6.04 Å². The highest BCUT2D eigenvalue weighted by Crippen LogP contribution is 2.12. The first-order valence-electron chi connectivity index (χ1n) is 6.40. The topological polar surface area (TPSA) is 78.9 Å². The van der Waals surface area contributed by atoms with Gasteiger partial charge in [0.05, 0.1) is 6.10 Å². The number of carboxylic acids is 1. The van der Waals surface area contributed by atoms with Crippen LogP contribution in [0.15, 0.2) is 0 Å². The summed E-state index contributed by atoms with van der Waals surface area (Å²) in [6, 6.07) is -1.17. The number of hydrogen-bond acceptors (Lipinski definition) is 3. The van der Waals surface area contributed by atoms with E-state index >= 15 is 0 Å². The largest absolute Gasteiger partial charge is 0.480 e. The maximum absolute atomic E-state index is 11.8. The Bertz CT molecular complexity index is 290. The molecule has 0 aromatic heterocycles. The molecule has 0 radical (unpaired) electrons. The van der Waals surface area contributed by atoms with Crippen molar-refractivity contribution in [3.8, 4) is 0 Å². The number of nitrogens with zero attached hydrogens (tertiary/aromatic N) is 1. The van der Waals surface area contributed by atoms with E-state index in [2.05, 4.69) is 5.32 Å². The van der Waals surface area contributed by atoms with Crippen molar-refractivity contribution in [2.24, 2.45) is 0 Å². The van der Waals surface area contributed by atoms with Crippen molar-refractivity contribution >= 4 is 12.0 Å². The van der Waals surface area contributed by atoms with Gasteiger partial charge in [-0.3, -0.25) is 0 Å². The van der Waals surface area contributed by atoms with Gasteiger partial charge >= 0.3 is 12.0 Å². The van der Waals surface area contributed by atoms with Gasteiger partial charge in [0.15, 0.2) is 0 Å². The normalized spacial score (nSPS) is 20.4. The molecular formula is C12H22N2O4. The van der Waals surface area contributed by atoms with Crippen molar-refractivity contribution in [1.29, 1.82) is 0 Å². The molecule has 1 fully saturated rings. The number of carboxylic acid groups (broad SMARTS) is 1. The fourth-order valence-corrected chi connectivity index (χ4v) is 1.98. The fourth-order valence-electron chi connectivity index (χ4n) is 1.98. The van der Waals surface area contributed by atoms with Gasteiger partial charge in [-0.2, -0.15) is 0 Å². The van der Waals surface area contributed by atoms with Crippen LogP contribution in [-0.2, 0) is 9.53 Å². The van der Waals surface area contributed by atoms with Gasteiger partial charge in [-0.1, -0.05) is 13.3 Å². The third-order valence-electron chi connectivity index (χ3n) is 3.02. The first kappa shape index (κ1) is 14.8. The summed E-state index contributed by atoms with van der Waals surface area (Å²) < 4.78 is 5.44. The first-order valence-corrected chi connectivity index (χ1v) is 6.40. The van der Waals surface area contributed by atoms with E-state index in [4.69, 9.17) is 9.84 Å². The van der Waals surface area contributed by atoms with Crippen molar-refractivity contribution in [3.05, 3.63) is 0 Å². The summed E-state index contributed by atoms with van der Waals surface area (Å²) >= 11 is 0. The van der Waals surface area contributed by atoms with Gasteiger partial charge in [-0.25, -0.2) is 9.59 Å². The van der Waals surface area contributed by atoms with E-state index in [1.807, 2.05) is 6.92 Å². The minimum atomic E-state index is -0.990. The Hall–Kier alpha value is -1.30. The van der Waals surface area contributed by atoms with Gasteiger partial charge in [0.2, 0.25) is 0 Å². The second-order valence-corrected chi connectivity index (χ2v) is 4.64. The number of hydrogen-bond donors (Lipinski definition) is 2. The number of amides is 2. The van der Waals surface area contributed by atoms with Gasteiger partial charge < -0.3 is 20.1 Å². The number of urea groups is 1. The maximum Gasteiger partial charge on any atom is 0.326 e. The van der Waals surface area contributed by atoms with Crippen molar-refractivity contribution in [1.82, 2.24) is 10.2 Å². The second-order valence-electron chi connectivity index (χ2n) is 4.64. The van der Waals surface area contributed by atoms with Gasteiger partial charge in [0, 0.05) is 20.2 Å². The summed E-state index contributed by atoms with van der Waals surface area (Å²) in [5.74, 6) is -0.990. The number of ether oxygens (including phenoxy) is 1. The molecule has 0 bridgehead atoms. The Morgan fingerprint density at radius 3 is 2.78 bits per heavy atom. The Kier molecular flexibility index (Phi) is 5.91. The number of nitrogens with one attached hydrogen (secondary N) is 1. The van der Waals surface area contributed by atoms with Crippen LogP contribution in [0.2, 0.25) is 0 Å². The minimum Gasteiger partial charge on any atom is -0.480 e. The molecule has 0 spiro atoms. The number of likely N-dealkylation sites (N-methyl/N-ethyl adjacent to an activating group) is 1. The van der Waals surface area contributed by atoms with E-state index in [0.29, 0.717) is 19.4 Å². The molecule has 1 unspecified atom stereocenters. The number of rotatable bonds is 6. The Labute approximate surface area is 107 Å². The van der Waals surface area contributed by atoms with Crippen LogP contribution in [0.25, 0.3) is 0 Å². The molecular weight excluding hydrogens is 236 g/mol. The van der Waals surface area contributed by atoms with Crippen molar-refractivity contribution < 1.29 is 19.4 Å². The molecule has 1 saturated heterocycles. The van der Waals surface area contributed by atoms with E-state index in [9.17, 15) is 9.59 Å². The van der Waals surface area contributed by atoms with Crippen LogP contribution in [0.4, 0.5) is 4.79 Å². The second kappa shape index (κ2) is 7.20. The van der Waals surface area contributed by atoms with E-state index in [1.165, 1.54) is 4.90 Å². The average molecular weight is 258 g/mol. The molecule has 6 heteroatoms. The van der Waals surface area contributed by atoms with E-state index in [1.54, 1.807) is 7.05 Å². The Morgan fingerprint density at radius 2 is 2.28 bits per heavy atom. The SMILES string of the molecule is CCC[C@@H](NC(=O)N(C)CC1CCCO1)C(=O)O. The zero-order chi connectivity index (χ0) is 13.5. The monoisotopic (exact) mass is 258 g/mol. The van der Waals surface area contributed by atoms with E-state index in [0.717, 1.165) is 19.4 Å². The number of carbonyl (C=O) groups excluding carboxylic acids is 1. The molecule has 0 aromatic rings. The molecule has 2 amide bonds. The predicted octanol–water partition coefficient (Wildman–Crippen LogP) is 1.06. The first-order chi connectivity index (χ1) is 8.54. The van der Waals surface area contributed by atoms with Crippen LogP contribution in [-0.4, -0.2) is 54.4 Å². The molecule has 2 atom stereocenters. The highest BCUT2D eigenvalue weighted by Gasteiger charge is 2.23.